The molecule has 0 aliphatic heterocycles. The Balaban J connectivity index is 0.00000529. The molecule has 1 aromatic carbocycles. The zero-order valence-corrected chi connectivity index (χ0v) is 16.6. The lowest BCUT2D eigenvalue weighted by atomic mass is 10.0. The maximum atomic E-state index is 12.2. The van der Waals surface area contributed by atoms with Crippen LogP contribution < -0.4 is 11.1 Å². The Labute approximate surface area is 158 Å². The van der Waals surface area contributed by atoms with Gasteiger partial charge in [-0.05, 0) is 31.0 Å². The summed E-state index contributed by atoms with van der Waals surface area (Å²) < 4.78 is 36.7. The van der Waals surface area contributed by atoms with Crippen LogP contribution in [0.25, 0.3) is 0 Å². The van der Waals surface area contributed by atoms with E-state index in [4.69, 9.17) is 5.73 Å². The molecule has 24 heavy (non-hydrogen) atoms. The molecule has 1 rings (SSSR count). The molecule has 1 aromatic rings. The number of nitrogens with one attached hydrogen (secondary N) is 1. The van der Waals surface area contributed by atoms with Gasteiger partial charge >= 0.3 is 6.18 Å². The Morgan fingerprint density at radius 1 is 1.21 bits per heavy atom. The first-order valence-corrected chi connectivity index (χ1v) is 7.69. The summed E-state index contributed by atoms with van der Waals surface area (Å²) >= 11 is 0. The van der Waals surface area contributed by atoms with Crippen molar-refractivity contribution in [1.29, 1.82) is 0 Å². The van der Waals surface area contributed by atoms with Gasteiger partial charge in [0.25, 0.3) is 0 Å². The van der Waals surface area contributed by atoms with Crippen LogP contribution in [0.4, 0.5) is 18.9 Å². The van der Waals surface area contributed by atoms with Crippen LogP contribution in [0.2, 0.25) is 0 Å². The zero-order chi connectivity index (χ0) is 17.5. The number of rotatable bonds is 7. The van der Waals surface area contributed by atoms with E-state index in [1.54, 1.807) is 0 Å². The van der Waals surface area contributed by atoms with Gasteiger partial charge < -0.3 is 11.1 Å². The van der Waals surface area contributed by atoms with Gasteiger partial charge in [0.2, 0.25) is 0 Å². The van der Waals surface area contributed by atoms with Gasteiger partial charge in [-0.1, -0.05) is 32.0 Å². The number of anilines is 1. The quantitative estimate of drug-likeness (QED) is 0.373. The smallest absolute Gasteiger partial charge is 0.370 e. The van der Waals surface area contributed by atoms with Crippen LogP contribution in [-0.4, -0.2) is 43.7 Å². The molecule has 0 fully saturated rings. The van der Waals surface area contributed by atoms with E-state index in [1.807, 2.05) is 18.2 Å². The number of alkyl halides is 3. The second-order valence-electron chi connectivity index (χ2n) is 5.40. The number of para-hydroxylation sites is 1. The molecule has 0 saturated heterocycles. The Morgan fingerprint density at radius 2 is 1.75 bits per heavy atom. The molecule has 0 heterocycles. The third-order valence-electron chi connectivity index (χ3n) is 3.46. The fraction of sp³-hybridized carbons (Fsp3) is 0.562. The first-order valence-electron chi connectivity index (χ1n) is 7.69. The third kappa shape index (κ3) is 8.18. The molecule has 138 valence electrons. The second kappa shape index (κ2) is 10.8. The van der Waals surface area contributed by atoms with E-state index >= 15 is 0 Å². The van der Waals surface area contributed by atoms with Gasteiger partial charge in [-0.3, -0.25) is 9.89 Å². The Bertz CT molecular complexity index is 510. The van der Waals surface area contributed by atoms with Gasteiger partial charge in [-0.2, -0.15) is 13.2 Å². The van der Waals surface area contributed by atoms with Crippen molar-refractivity contribution in [2.45, 2.75) is 32.9 Å². The van der Waals surface area contributed by atoms with Crippen molar-refractivity contribution in [3.05, 3.63) is 29.3 Å². The summed E-state index contributed by atoms with van der Waals surface area (Å²) in [6.45, 7) is 3.56. The molecule has 0 aromatic heterocycles. The van der Waals surface area contributed by atoms with E-state index in [2.05, 4.69) is 24.2 Å². The molecule has 0 aliphatic carbocycles. The maximum Gasteiger partial charge on any atom is 0.401 e. The number of nitrogens with zero attached hydrogens (tertiary/aromatic N) is 2. The molecule has 0 aliphatic rings. The topological polar surface area (TPSA) is 53.6 Å². The lowest BCUT2D eigenvalue weighted by Gasteiger charge is -2.18. The number of hydrogen-bond acceptors (Lipinski definition) is 2. The lowest BCUT2D eigenvalue weighted by Crippen LogP contribution is -2.33. The van der Waals surface area contributed by atoms with Crippen LogP contribution in [-0.2, 0) is 12.8 Å². The average Bonchev–Trinajstić information content (AvgIpc) is 2.45. The van der Waals surface area contributed by atoms with E-state index in [-0.39, 0.29) is 43.0 Å². The third-order valence-corrected chi connectivity index (χ3v) is 3.46. The minimum atomic E-state index is -4.20. The minimum Gasteiger partial charge on any atom is -0.370 e. The van der Waals surface area contributed by atoms with E-state index in [0.717, 1.165) is 29.7 Å². The fourth-order valence-corrected chi connectivity index (χ4v) is 2.30. The van der Waals surface area contributed by atoms with Crippen molar-refractivity contribution in [1.82, 2.24) is 4.90 Å². The normalized spacial score (nSPS) is 12.2. The number of aryl methyl sites for hydroxylation is 2. The van der Waals surface area contributed by atoms with Crippen LogP contribution in [0.3, 0.4) is 0 Å². The van der Waals surface area contributed by atoms with Crippen LogP contribution in [0.15, 0.2) is 23.2 Å². The van der Waals surface area contributed by atoms with Crippen molar-refractivity contribution in [2.75, 3.05) is 32.0 Å². The van der Waals surface area contributed by atoms with Gasteiger partial charge in [-0.15, -0.1) is 24.0 Å². The van der Waals surface area contributed by atoms with Crippen molar-refractivity contribution in [3.63, 3.8) is 0 Å². The highest BCUT2D eigenvalue weighted by Crippen LogP contribution is 2.22. The summed E-state index contributed by atoms with van der Waals surface area (Å²) in [7, 11) is 1.41. The summed E-state index contributed by atoms with van der Waals surface area (Å²) in [4.78, 5) is 5.29. The molecule has 0 amide bonds. The van der Waals surface area contributed by atoms with Crippen molar-refractivity contribution < 1.29 is 13.2 Å². The predicted octanol–water partition coefficient (Wildman–Crippen LogP) is 3.65. The van der Waals surface area contributed by atoms with Crippen molar-refractivity contribution >= 4 is 35.6 Å². The molecule has 0 saturated carbocycles. The molecule has 8 heteroatoms. The first kappa shape index (κ1) is 23.0. The second-order valence-corrected chi connectivity index (χ2v) is 5.40. The van der Waals surface area contributed by atoms with E-state index in [1.165, 1.54) is 11.9 Å². The molecule has 4 nitrogen and oxygen atoms in total. The first-order chi connectivity index (χ1) is 10.8. The molecule has 0 atom stereocenters. The Kier molecular flexibility index (Phi) is 10.3. The van der Waals surface area contributed by atoms with Gasteiger partial charge in [0, 0.05) is 12.2 Å². The molecule has 0 bridgehead atoms. The predicted molar refractivity (Wildman–Crippen MR) is 104 cm³/mol. The standard InChI is InChI=1S/C16H25F3N4.HI/c1-4-12-7-6-8-13(5-2)14(12)22-15(20)21-9-10-23(3)11-16(17,18)19;/h6-8H,4-5,9-11H2,1-3H3,(H3,20,21,22);1H. The lowest BCUT2D eigenvalue weighted by molar-refractivity contribution is -0.142. The number of likely N-dealkylation sites (N-methyl/N-ethyl adjacent to an activating group) is 1. The summed E-state index contributed by atoms with van der Waals surface area (Å²) in [5.74, 6) is 0.223. The van der Waals surface area contributed by atoms with Crippen molar-refractivity contribution in [2.24, 2.45) is 10.7 Å². The fourth-order valence-electron chi connectivity index (χ4n) is 2.30. The number of benzene rings is 1. The van der Waals surface area contributed by atoms with Gasteiger partial charge in [0.15, 0.2) is 5.96 Å². The number of guanidine groups is 1. The van der Waals surface area contributed by atoms with E-state index in [9.17, 15) is 13.2 Å². The minimum absolute atomic E-state index is 0. The molecule has 3 N–H and O–H groups in total. The average molecular weight is 458 g/mol. The highest BCUT2D eigenvalue weighted by molar-refractivity contribution is 14.0. The zero-order valence-electron chi connectivity index (χ0n) is 14.3. The number of aliphatic imine (C=N–C) groups is 1. The number of halogens is 4. The van der Waals surface area contributed by atoms with Crippen LogP contribution >= 0.6 is 24.0 Å². The Hall–Kier alpha value is -1.03. The maximum absolute atomic E-state index is 12.2. The van der Waals surface area contributed by atoms with Crippen LogP contribution in [0.5, 0.6) is 0 Å². The van der Waals surface area contributed by atoms with E-state index < -0.39 is 12.7 Å². The number of nitrogens with two attached hydrogens (primary N) is 1. The monoisotopic (exact) mass is 458 g/mol. The highest BCUT2D eigenvalue weighted by atomic mass is 127. The van der Waals surface area contributed by atoms with Gasteiger partial charge in [0.1, 0.15) is 0 Å². The van der Waals surface area contributed by atoms with Crippen LogP contribution in [0, 0.1) is 0 Å². The summed E-state index contributed by atoms with van der Waals surface area (Å²) in [5, 5.41) is 3.09. The molecular formula is C16H26F3IN4. The largest absolute Gasteiger partial charge is 0.401 e. The van der Waals surface area contributed by atoms with E-state index in [0.29, 0.717) is 0 Å². The summed E-state index contributed by atoms with van der Waals surface area (Å²) in [6, 6.07) is 6.04. The summed E-state index contributed by atoms with van der Waals surface area (Å²) in [6.07, 6.45) is -2.48. The SMILES string of the molecule is CCc1cccc(CC)c1NC(N)=NCCN(C)CC(F)(F)F.I. The summed E-state index contributed by atoms with van der Waals surface area (Å²) in [5.41, 5.74) is 9.08. The molecule has 0 radical (unpaired) electrons. The van der Waals surface area contributed by atoms with Crippen molar-refractivity contribution in [3.8, 4) is 0 Å². The number of hydrogen-bond donors (Lipinski definition) is 2. The molecular weight excluding hydrogens is 432 g/mol. The van der Waals surface area contributed by atoms with Gasteiger partial charge in [-0.25, -0.2) is 0 Å². The molecule has 0 unspecified atom stereocenters. The highest BCUT2D eigenvalue weighted by Gasteiger charge is 2.28. The van der Waals surface area contributed by atoms with Gasteiger partial charge in [0.05, 0.1) is 13.1 Å². The van der Waals surface area contributed by atoms with Crippen LogP contribution in [0.1, 0.15) is 25.0 Å². The molecule has 0 spiro atoms. The Morgan fingerprint density at radius 3 is 2.21 bits per heavy atom.